The van der Waals surface area contributed by atoms with Gasteiger partial charge in [-0.3, -0.25) is 9.59 Å². The van der Waals surface area contributed by atoms with Crippen molar-refractivity contribution in [2.75, 3.05) is 34.0 Å². The number of nitrogens with two attached hydrogens (primary N) is 1. The Kier molecular flexibility index (Phi) is 12.1. The summed E-state index contributed by atoms with van der Waals surface area (Å²) in [5, 5.41) is 2.73. The average molecular weight is 627 g/mol. The van der Waals surface area contributed by atoms with Gasteiger partial charge in [-0.05, 0) is 53.1 Å². The molecule has 0 aliphatic rings. The number of esters is 1. The Morgan fingerprint density at radius 3 is 1.74 bits per heavy atom. The number of ether oxygens (including phenoxy) is 5. The average Bonchev–Trinajstić information content (AvgIpc) is 3.10. The molecule has 0 saturated heterocycles. The predicted octanol–water partition coefficient (Wildman–Crippen LogP) is 4.38. The second kappa shape index (κ2) is 16.6. The van der Waals surface area contributed by atoms with E-state index >= 15 is 0 Å². The zero-order valence-corrected chi connectivity index (χ0v) is 25.8. The molecular weight excluding hydrogens is 588 g/mol. The molecule has 0 aliphatic heterocycles. The van der Waals surface area contributed by atoms with Crippen molar-refractivity contribution in [1.82, 2.24) is 5.32 Å². The maximum Gasteiger partial charge on any atom is 0.344 e. The molecule has 0 fully saturated rings. The number of nitrogens with one attached hydrogen (secondary N) is 1. The summed E-state index contributed by atoms with van der Waals surface area (Å²) in [6.45, 7) is -0.554. The third-order valence-electron chi connectivity index (χ3n) is 7.18. The summed E-state index contributed by atoms with van der Waals surface area (Å²) in [4.78, 5) is 36.6. The molecule has 240 valence electrons. The molecule has 4 aromatic rings. The van der Waals surface area contributed by atoms with Crippen molar-refractivity contribution in [3.05, 3.63) is 126 Å². The maximum absolute atomic E-state index is 13.0. The van der Waals surface area contributed by atoms with E-state index in [0.717, 1.165) is 16.7 Å². The van der Waals surface area contributed by atoms with Crippen LogP contribution in [0.15, 0.2) is 109 Å². The number of carbonyl (C=O) groups excluding carboxylic acids is 3. The first-order chi connectivity index (χ1) is 22.3. The summed E-state index contributed by atoms with van der Waals surface area (Å²) < 4.78 is 29.1. The highest BCUT2D eigenvalue weighted by molar-refractivity contribution is 5.82. The Hall–Kier alpha value is -5.35. The van der Waals surface area contributed by atoms with Crippen molar-refractivity contribution in [3.8, 4) is 17.2 Å². The number of hydrogen-bond donors (Lipinski definition) is 2. The van der Waals surface area contributed by atoms with Crippen LogP contribution in [-0.4, -0.2) is 57.9 Å². The molecule has 4 aromatic carbocycles. The molecule has 10 heteroatoms. The number of methoxy groups -OCH3 is 2. The fraction of sp³-hybridized carbons (Fsp3) is 0.250. The van der Waals surface area contributed by atoms with Gasteiger partial charge in [-0.1, -0.05) is 72.8 Å². The minimum Gasteiger partial charge on any atom is -0.497 e. The first-order valence-electron chi connectivity index (χ1n) is 14.7. The van der Waals surface area contributed by atoms with Gasteiger partial charge in [-0.2, -0.15) is 0 Å². The van der Waals surface area contributed by atoms with E-state index in [1.165, 1.54) is 0 Å². The van der Waals surface area contributed by atoms with Crippen LogP contribution in [0.1, 0.15) is 29.5 Å². The smallest absolute Gasteiger partial charge is 0.344 e. The van der Waals surface area contributed by atoms with Crippen molar-refractivity contribution in [2.45, 2.75) is 24.5 Å². The van der Waals surface area contributed by atoms with E-state index in [9.17, 15) is 14.4 Å². The van der Waals surface area contributed by atoms with Crippen LogP contribution < -0.4 is 25.3 Å². The quantitative estimate of drug-likeness (QED) is 0.130. The molecule has 0 spiro atoms. The van der Waals surface area contributed by atoms with E-state index in [1.807, 2.05) is 84.9 Å². The Balaban J connectivity index is 1.67. The Morgan fingerprint density at radius 2 is 1.22 bits per heavy atom. The van der Waals surface area contributed by atoms with Crippen LogP contribution >= 0.6 is 0 Å². The molecule has 46 heavy (non-hydrogen) atoms. The van der Waals surface area contributed by atoms with Gasteiger partial charge < -0.3 is 34.7 Å². The fourth-order valence-corrected chi connectivity index (χ4v) is 4.86. The van der Waals surface area contributed by atoms with Crippen molar-refractivity contribution >= 4 is 17.8 Å². The monoisotopic (exact) mass is 626 g/mol. The van der Waals surface area contributed by atoms with Crippen LogP contribution in [0.3, 0.4) is 0 Å². The molecule has 0 aliphatic carbocycles. The lowest BCUT2D eigenvalue weighted by Crippen LogP contribution is -2.42. The zero-order valence-electron chi connectivity index (χ0n) is 25.8. The summed E-state index contributed by atoms with van der Waals surface area (Å²) in [6, 6.07) is 33.6. The number of para-hydroxylation sites is 1. The number of benzene rings is 4. The molecule has 4 rings (SSSR count). The Labute approximate surface area is 268 Å². The third kappa shape index (κ3) is 9.09. The minimum atomic E-state index is -1.18. The van der Waals surface area contributed by atoms with E-state index in [0.29, 0.717) is 17.2 Å². The molecule has 0 bridgehead atoms. The van der Waals surface area contributed by atoms with E-state index in [-0.39, 0.29) is 32.6 Å². The van der Waals surface area contributed by atoms with Gasteiger partial charge in [0.25, 0.3) is 0 Å². The van der Waals surface area contributed by atoms with Gasteiger partial charge in [0.2, 0.25) is 11.8 Å². The first-order valence-corrected chi connectivity index (χ1v) is 14.7. The van der Waals surface area contributed by atoms with Crippen molar-refractivity contribution < 1.29 is 38.1 Å². The Bertz CT molecular complexity index is 1500. The van der Waals surface area contributed by atoms with Crippen molar-refractivity contribution in [1.29, 1.82) is 0 Å². The summed E-state index contributed by atoms with van der Waals surface area (Å²) in [5.74, 6) is 0.192. The van der Waals surface area contributed by atoms with Crippen LogP contribution in [0.2, 0.25) is 0 Å². The summed E-state index contributed by atoms with van der Waals surface area (Å²) >= 11 is 0. The largest absolute Gasteiger partial charge is 0.497 e. The SMILES string of the molecule is COc1ccc(C(OCC(CNC(=O)CCC(N)=O)OC(=O)COc2ccccc2)(c2ccccc2)c2ccc(OC)cc2)cc1. The van der Waals surface area contributed by atoms with Crippen LogP contribution in [0, 0.1) is 0 Å². The highest BCUT2D eigenvalue weighted by Gasteiger charge is 2.39. The molecule has 0 saturated carbocycles. The van der Waals surface area contributed by atoms with Gasteiger partial charge in [-0.15, -0.1) is 0 Å². The highest BCUT2D eigenvalue weighted by atomic mass is 16.6. The minimum absolute atomic E-state index is 0.0786. The van der Waals surface area contributed by atoms with Gasteiger partial charge >= 0.3 is 5.97 Å². The molecule has 10 nitrogen and oxygen atoms in total. The van der Waals surface area contributed by atoms with Crippen LogP contribution in [0.25, 0.3) is 0 Å². The van der Waals surface area contributed by atoms with Crippen LogP contribution in [0.5, 0.6) is 17.2 Å². The van der Waals surface area contributed by atoms with Gasteiger partial charge in [-0.25, -0.2) is 4.79 Å². The third-order valence-corrected chi connectivity index (χ3v) is 7.18. The summed E-state index contributed by atoms with van der Waals surface area (Å²) in [6.07, 6.45) is -1.13. The molecular formula is C36H38N2O8. The molecule has 0 radical (unpaired) electrons. The van der Waals surface area contributed by atoms with E-state index in [2.05, 4.69) is 5.32 Å². The molecule has 3 N–H and O–H groups in total. The number of rotatable bonds is 17. The van der Waals surface area contributed by atoms with Crippen molar-refractivity contribution in [3.63, 3.8) is 0 Å². The second-order valence-corrected chi connectivity index (χ2v) is 10.3. The van der Waals surface area contributed by atoms with Gasteiger partial charge in [0.15, 0.2) is 6.61 Å². The Morgan fingerprint density at radius 1 is 0.696 bits per heavy atom. The van der Waals surface area contributed by atoms with Gasteiger partial charge in [0.05, 0.1) is 27.4 Å². The van der Waals surface area contributed by atoms with Crippen LogP contribution in [0.4, 0.5) is 0 Å². The lowest BCUT2D eigenvalue weighted by molar-refractivity contribution is -0.157. The molecule has 1 unspecified atom stereocenters. The van der Waals surface area contributed by atoms with E-state index in [1.54, 1.807) is 38.5 Å². The molecule has 2 amide bonds. The normalized spacial score (nSPS) is 11.6. The topological polar surface area (TPSA) is 135 Å². The van der Waals surface area contributed by atoms with E-state index in [4.69, 9.17) is 29.4 Å². The molecule has 0 heterocycles. The number of primary amides is 1. The lowest BCUT2D eigenvalue weighted by Gasteiger charge is -2.37. The van der Waals surface area contributed by atoms with Crippen LogP contribution in [-0.2, 0) is 29.5 Å². The summed E-state index contributed by atoms with van der Waals surface area (Å²) in [7, 11) is 3.19. The predicted molar refractivity (Wildman–Crippen MR) is 172 cm³/mol. The maximum atomic E-state index is 13.0. The summed E-state index contributed by atoms with van der Waals surface area (Å²) in [5.41, 5.74) is 6.41. The first kappa shape index (κ1) is 33.5. The van der Waals surface area contributed by atoms with E-state index < -0.39 is 29.5 Å². The molecule has 0 aromatic heterocycles. The number of hydrogen-bond acceptors (Lipinski definition) is 8. The fourth-order valence-electron chi connectivity index (χ4n) is 4.86. The van der Waals surface area contributed by atoms with Gasteiger partial charge in [0.1, 0.15) is 29.0 Å². The number of carbonyl (C=O) groups is 3. The van der Waals surface area contributed by atoms with Gasteiger partial charge in [0, 0.05) is 12.8 Å². The van der Waals surface area contributed by atoms with Crippen molar-refractivity contribution in [2.24, 2.45) is 5.73 Å². The zero-order chi connectivity index (χ0) is 32.8. The highest BCUT2D eigenvalue weighted by Crippen LogP contribution is 2.41. The number of amides is 2. The second-order valence-electron chi connectivity index (χ2n) is 10.3. The lowest BCUT2D eigenvalue weighted by atomic mass is 9.80. The molecule has 1 atom stereocenters. The standard InChI is InChI=1S/C36H38N2O8/c1-42-29-17-13-27(14-18-29)36(26-9-5-3-6-10-26,28-15-19-30(43-2)20-16-28)45-24-32(23-38-34(40)22-21-33(37)39)46-35(41)25-44-31-11-7-4-8-12-31/h3-20,32H,21-25H2,1-2H3,(H2,37,39)(H,38,40).